The number of anilines is 1. The number of carbonyl (C=O) groups is 1. The molecule has 1 aromatic heterocycles. The molecule has 5 nitrogen and oxygen atoms in total. The Kier molecular flexibility index (Phi) is 3.73. The second kappa shape index (κ2) is 5.15. The van der Waals surface area contributed by atoms with E-state index < -0.39 is 5.97 Å². The van der Waals surface area contributed by atoms with Crippen LogP contribution in [0.3, 0.4) is 0 Å². The number of hydrogen-bond donors (Lipinski definition) is 2. The van der Waals surface area contributed by atoms with Crippen molar-refractivity contribution < 1.29 is 9.90 Å². The lowest BCUT2D eigenvalue weighted by atomic mass is 9.67. The van der Waals surface area contributed by atoms with E-state index in [9.17, 15) is 4.79 Å². The van der Waals surface area contributed by atoms with Gasteiger partial charge in [-0.25, -0.2) is 14.8 Å². The van der Waals surface area contributed by atoms with Crippen LogP contribution in [-0.2, 0) is 0 Å². The predicted molar refractivity (Wildman–Crippen MR) is 73.3 cm³/mol. The van der Waals surface area contributed by atoms with E-state index in [1.54, 1.807) is 6.92 Å². The van der Waals surface area contributed by atoms with Crippen LogP contribution in [0.2, 0.25) is 0 Å². The van der Waals surface area contributed by atoms with E-state index in [-0.39, 0.29) is 11.0 Å². The van der Waals surface area contributed by atoms with Gasteiger partial charge in [-0.2, -0.15) is 0 Å². The van der Waals surface area contributed by atoms with Crippen LogP contribution in [0.15, 0.2) is 6.20 Å². The molecular weight excluding hydrogens is 242 g/mol. The maximum Gasteiger partial charge on any atom is 0.341 e. The molecule has 0 aromatic carbocycles. The molecule has 1 heterocycles. The molecule has 1 fully saturated rings. The summed E-state index contributed by atoms with van der Waals surface area (Å²) in [5, 5.41) is 12.3. The Morgan fingerprint density at radius 1 is 1.53 bits per heavy atom. The van der Waals surface area contributed by atoms with Gasteiger partial charge < -0.3 is 10.4 Å². The average molecular weight is 263 g/mol. The molecule has 0 aliphatic heterocycles. The van der Waals surface area contributed by atoms with Crippen LogP contribution in [-0.4, -0.2) is 27.6 Å². The molecule has 1 aromatic rings. The van der Waals surface area contributed by atoms with Gasteiger partial charge >= 0.3 is 5.97 Å². The lowest BCUT2D eigenvalue weighted by molar-refractivity contribution is 0.0696. The summed E-state index contributed by atoms with van der Waals surface area (Å²) in [5.41, 5.74) is 0.294. The summed E-state index contributed by atoms with van der Waals surface area (Å²) in [4.78, 5) is 19.3. The number of carboxylic acid groups (broad SMARTS) is 1. The first-order chi connectivity index (χ1) is 8.90. The number of aromatic carboxylic acids is 1. The van der Waals surface area contributed by atoms with E-state index in [0.717, 1.165) is 12.5 Å². The lowest BCUT2D eigenvalue weighted by Gasteiger charge is -2.40. The van der Waals surface area contributed by atoms with Crippen LogP contribution in [0, 0.1) is 18.3 Å². The van der Waals surface area contributed by atoms with Crippen LogP contribution >= 0.6 is 0 Å². The number of nitrogens with one attached hydrogen (secondary N) is 1. The third-order valence-electron chi connectivity index (χ3n) is 4.06. The van der Waals surface area contributed by atoms with Gasteiger partial charge in [-0.3, -0.25) is 0 Å². The van der Waals surface area contributed by atoms with Gasteiger partial charge in [0.15, 0.2) is 0 Å². The van der Waals surface area contributed by atoms with Crippen molar-refractivity contribution in [3.8, 4) is 0 Å². The van der Waals surface area contributed by atoms with Gasteiger partial charge in [0.05, 0.1) is 0 Å². The molecule has 19 heavy (non-hydrogen) atoms. The van der Waals surface area contributed by atoms with Crippen molar-refractivity contribution in [2.24, 2.45) is 11.3 Å². The standard InChI is InChI=1S/C14H21N3O2/c1-9-15-7-11(13(18)19)12(17-9)16-8-14(2,3)10-5-4-6-10/h7,10H,4-6,8H2,1-3H3,(H,18,19)(H,15,16,17). The van der Waals surface area contributed by atoms with Crippen molar-refractivity contribution >= 4 is 11.8 Å². The molecule has 0 radical (unpaired) electrons. The molecule has 0 spiro atoms. The summed E-state index contributed by atoms with van der Waals surface area (Å²) >= 11 is 0. The summed E-state index contributed by atoms with van der Waals surface area (Å²) in [7, 11) is 0. The Morgan fingerprint density at radius 3 is 2.74 bits per heavy atom. The third-order valence-corrected chi connectivity index (χ3v) is 4.06. The molecule has 0 saturated heterocycles. The van der Waals surface area contributed by atoms with Gasteiger partial charge in [0.25, 0.3) is 0 Å². The monoisotopic (exact) mass is 263 g/mol. The Hall–Kier alpha value is -1.65. The summed E-state index contributed by atoms with van der Waals surface area (Å²) in [5.74, 6) is 0.724. The molecular formula is C14H21N3O2. The molecule has 2 rings (SSSR count). The molecule has 0 amide bonds. The van der Waals surface area contributed by atoms with Crippen molar-refractivity contribution in [1.29, 1.82) is 0 Å². The maximum absolute atomic E-state index is 11.1. The second-order valence-corrected chi connectivity index (χ2v) is 5.95. The van der Waals surface area contributed by atoms with Crippen LogP contribution in [0.25, 0.3) is 0 Å². The fraction of sp³-hybridized carbons (Fsp3) is 0.643. The van der Waals surface area contributed by atoms with Gasteiger partial charge in [-0.05, 0) is 31.1 Å². The van der Waals surface area contributed by atoms with Gasteiger partial charge in [0.2, 0.25) is 0 Å². The number of hydrogen-bond acceptors (Lipinski definition) is 4. The molecule has 1 aliphatic carbocycles. The van der Waals surface area contributed by atoms with Crippen molar-refractivity contribution in [3.63, 3.8) is 0 Å². The van der Waals surface area contributed by atoms with Gasteiger partial charge in [0, 0.05) is 12.7 Å². The average Bonchev–Trinajstić information content (AvgIpc) is 2.23. The number of nitrogens with zero attached hydrogens (tertiary/aromatic N) is 2. The van der Waals surface area contributed by atoms with Crippen LogP contribution in [0.5, 0.6) is 0 Å². The summed E-state index contributed by atoms with van der Waals surface area (Å²) in [6.45, 7) is 6.93. The minimum absolute atomic E-state index is 0.134. The summed E-state index contributed by atoms with van der Waals surface area (Å²) < 4.78 is 0. The van der Waals surface area contributed by atoms with E-state index in [1.165, 1.54) is 25.5 Å². The fourth-order valence-electron chi connectivity index (χ4n) is 2.41. The number of aryl methyl sites for hydroxylation is 1. The Balaban J connectivity index is 2.10. The van der Waals surface area contributed by atoms with Crippen LogP contribution in [0.4, 0.5) is 5.82 Å². The number of aromatic nitrogens is 2. The quantitative estimate of drug-likeness (QED) is 0.854. The van der Waals surface area contributed by atoms with E-state index in [0.29, 0.717) is 11.6 Å². The van der Waals surface area contributed by atoms with Gasteiger partial charge in [-0.1, -0.05) is 20.3 Å². The molecule has 5 heteroatoms. The Bertz CT molecular complexity index is 482. The zero-order valence-electron chi connectivity index (χ0n) is 11.7. The maximum atomic E-state index is 11.1. The molecule has 2 N–H and O–H groups in total. The predicted octanol–water partition coefficient (Wildman–Crippen LogP) is 2.72. The highest BCUT2D eigenvalue weighted by Gasteiger charge is 2.33. The molecule has 0 bridgehead atoms. The van der Waals surface area contributed by atoms with Crippen molar-refractivity contribution in [2.75, 3.05) is 11.9 Å². The van der Waals surface area contributed by atoms with E-state index >= 15 is 0 Å². The second-order valence-electron chi connectivity index (χ2n) is 5.95. The van der Waals surface area contributed by atoms with Crippen molar-refractivity contribution in [3.05, 3.63) is 17.6 Å². The first kappa shape index (κ1) is 13.8. The fourth-order valence-corrected chi connectivity index (χ4v) is 2.41. The molecule has 104 valence electrons. The highest BCUT2D eigenvalue weighted by atomic mass is 16.4. The van der Waals surface area contributed by atoms with Crippen molar-refractivity contribution in [2.45, 2.75) is 40.0 Å². The number of carboxylic acids is 1. The van der Waals surface area contributed by atoms with Crippen LogP contribution < -0.4 is 5.32 Å². The third kappa shape index (κ3) is 3.03. The Labute approximate surface area is 113 Å². The normalized spacial score (nSPS) is 15.9. The van der Waals surface area contributed by atoms with E-state index in [1.807, 2.05) is 0 Å². The zero-order valence-corrected chi connectivity index (χ0v) is 11.7. The van der Waals surface area contributed by atoms with Crippen molar-refractivity contribution in [1.82, 2.24) is 9.97 Å². The molecule has 0 unspecified atom stereocenters. The highest BCUT2D eigenvalue weighted by molar-refractivity contribution is 5.92. The summed E-state index contributed by atoms with van der Waals surface area (Å²) in [6.07, 6.45) is 5.21. The van der Waals surface area contributed by atoms with Crippen LogP contribution in [0.1, 0.15) is 49.3 Å². The first-order valence-electron chi connectivity index (χ1n) is 6.71. The largest absolute Gasteiger partial charge is 0.477 e. The topological polar surface area (TPSA) is 75.1 Å². The lowest BCUT2D eigenvalue weighted by Crippen LogP contribution is -2.36. The Morgan fingerprint density at radius 2 is 2.21 bits per heavy atom. The minimum atomic E-state index is -0.996. The smallest absolute Gasteiger partial charge is 0.341 e. The van der Waals surface area contributed by atoms with E-state index in [2.05, 4.69) is 29.1 Å². The van der Waals surface area contributed by atoms with Gasteiger partial charge in [-0.15, -0.1) is 0 Å². The van der Waals surface area contributed by atoms with Gasteiger partial charge in [0.1, 0.15) is 17.2 Å². The minimum Gasteiger partial charge on any atom is -0.477 e. The summed E-state index contributed by atoms with van der Waals surface area (Å²) in [6, 6.07) is 0. The SMILES string of the molecule is Cc1ncc(C(=O)O)c(NCC(C)(C)C2CCC2)n1. The molecule has 0 atom stereocenters. The molecule has 1 saturated carbocycles. The number of rotatable bonds is 5. The zero-order chi connectivity index (χ0) is 14.0. The first-order valence-corrected chi connectivity index (χ1v) is 6.71. The molecule has 1 aliphatic rings. The van der Waals surface area contributed by atoms with E-state index in [4.69, 9.17) is 5.11 Å². The highest BCUT2D eigenvalue weighted by Crippen LogP contribution is 2.41.